The Bertz CT molecular complexity index is 1650. The summed E-state index contributed by atoms with van der Waals surface area (Å²) in [7, 11) is 3.11. The average Bonchev–Trinajstić information content (AvgIpc) is 2.97. The number of benzene rings is 2. The molecule has 0 saturated heterocycles. The van der Waals surface area contributed by atoms with Gasteiger partial charge in [-0.2, -0.15) is 0 Å². The van der Waals surface area contributed by atoms with E-state index in [1.807, 2.05) is 38.1 Å². The number of ether oxygens (including phenoxy) is 1. The smallest absolute Gasteiger partial charge is 0.306 e. The van der Waals surface area contributed by atoms with Crippen LogP contribution in [0.4, 0.5) is 0 Å². The number of primary amides is 1. The lowest BCUT2D eigenvalue weighted by Gasteiger charge is -2.50. The normalized spacial score (nSPS) is 24.5. The molecule has 11 heteroatoms. The molecule has 0 bridgehead atoms. The molecule has 0 aliphatic heterocycles. The zero-order valence-electron chi connectivity index (χ0n) is 25.7. The average molecular weight is 619 g/mol. The Morgan fingerprint density at radius 3 is 2.33 bits per heavy atom. The molecule has 1 fully saturated rings. The van der Waals surface area contributed by atoms with Crippen LogP contribution in [-0.2, 0) is 36.8 Å². The number of nitrogens with two attached hydrogens (primary N) is 1. The molecule has 0 aromatic heterocycles. The summed E-state index contributed by atoms with van der Waals surface area (Å²) in [6.07, 6.45) is 0.929. The Morgan fingerprint density at radius 2 is 1.73 bits per heavy atom. The summed E-state index contributed by atoms with van der Waals surface area (Å²) in [4.78, 5) is 53.0. The molecule has 0 heterocycles. The summed E-state index contributed by atoms with van der Waals surface area (Å²) < 4.78 is 5.25. The third kappa shape index (κ3) is 5.29. The van der Waals surface area contributed by atoms with Gasteiger partial charge in [0.05, 0.1) is 18.2 Å². The van der Waals surface area contributed by atoms with Gasteiger partial charge in [-0.3, -0.25) is 24.1 Å². The molecule has 3 aliphatic rings. The number of ketones is 2. The van der Waals surface area contributed by atoms with Gasteiger partial charge in [-0.15, -0.1) is 0 Å². The molecule has 3 aliphatic carbocycles. The summed E-state index contributed by atoms with van der Waals surface area (Å²) in [5, 5.41) is 45.1. The Labute approximate surface area is 260 Å². The molecule has 4 atom stereocenters. The van der Waals surface area contributed by atoms with Crippen LogP contribution in [0.25, 0.3) is 16.9 Å². The molecule has 1 saturated carbocycles. The van der Waals surface area contributed by atoms with Crippen molar-refractivity contribution in [2.45, 2.75) is 51.2 Å². The molecule has 6 N–H and O–H groups in total. The number of aromatic hydroxyl groups is 1. The number of amides is 1. The van der Waals surface area contributed by atoms with Crippen molar-refractivity contribution in [2.75, 3.05) is 20.7 Å². The Balaban J connectivity index is 1.53. The number of aryl methyl sites for hydroxylation is 1. The summed E-state index contributed by atoms with van der Waals surface area (Å²) in [6.45, 7) is 4.31. The Kier molecular flexibility index (Phi) is 8.37. The van der Waals surface area contributed by atoms with Gasteiger partial charge in [0.15, 0.2) is 11.4 Å². The van der Waals surface area contributed by atoms with Crippen LogP contribution in [0.15, 0.2) is 53.3 Å². The van der Waals surface area contributed by atoms with Crippen molar-refractivity contribution >= 4 is 29.2 Å². The van der Waals surface area contributed by atoms with Gasteiger partial charge in [0.1, 0.15) is 22.8 Å². The summed E-state index contributed by atoms with van der Waals surface area (Å²) >= 11 is 0. The number of carbonyl (C=O) groups is 4. The third-order valence-electron chi connectivity index (χ3n) is 9.06. The molecule has 2 aromatic carbocycles. The van der Waals surface area contributed by atoms with E-state index in [2.05, 4.69) is 0 Å². The molecule has 5 rings (SSSR count). The molecular weight excluding hydrogens is 580 g/mol. The van der Waals surface area contributed by atoms with E-state index in [4.69, 9.17) is 10.5 Å². The molecule has 0 unspecified atom stereocenters. The van der Waals surface area contributed by atoms with Gasteiger partial charge in [-0.1, -0.05) is 44.2 Å². The second-order valence-corrected chi connectivity index (χ2v) is 12.7. The SMILES string of the molecule is CC(C)COC(=O)CCc1ccc(-c2ccc(O)c3c2C[C@H]2C[C@H]4[C@H](N(C)C)C(=O)C(C(N)=O)=C(O)[C@@]4(O)C(=O)C2=C3O)cc1. The number of aliphatic hydroxyl groups is 3. The number of hydrogen-bond acceptors (Lipinski definition) is 10. The van der Waals surface area contributed by atoms with Gasteiger partial charge in [-0.05, 0) is 73.5 Å². The maximum absolute atomic E-state index is 14.0. The molecule has 0 spiro atoms. The van der Waals surface area contributed by atoms with Gasteiger partial charge in [0.2, 0.25) is 5.78 Å². The lowest BCUT2D eigenvalue weighted by molar-refractivity contribution is -0.153. The fourth-order valence-electron chi connectivity index (χ4n) is 6.94. The van der Waals surface area contributed by atoms with Gasteiger partial charge in [0, 0.05) is 17.9 Å². The first-order valence-electron chi connectivity index (χ1n) is 14.9. The standard InChI is InChI=1S/C34H38N2O9/c1-16(2)15-45-24(38)12-7-17-5-8-18(9-6-17)20-10-11-23(37)26-21(20)13-19-14-22-28(36(3)4)30(40)27(33(35)43)32(42)34(22,44)31(41)25(19)29(26)39/h5-6,8-11,16,19,22,28,37,39,42,44H,7,12-15H2,1-4H3,(H2,35,43)/t19-,22-,28-,34-/m0/s1. The number of fused-ring (bicyclic) bond motifs is 3. The van der Waals surface area contributed by atoms with Crippen LogP contribution in [0.1, 0.15) is 43.4 Å². The maximum atomic E-state index is 14.0. The number of phenols is 1. The number of rotatable bonds is 8. The number of likely N-dealkylation sites (N-methyl/N-ethyl adjacent to an activating group) is 1. The van der Waals surface area contributed by atoms with Crippen LogP contribution >= 0.6 is 0 Å². The lowest BCUT2D eigenvalue weighted by Crippen LogP contribution is -2.65. The number of esters is 1. The second-order valence-electron chi connectivity index (χ2n) is 12.7. The van der Waals surface area contributed by atoms with Crippen LogP contribution in [0.5, 0.6) is 5.75 Å². The fraction of sp³-hybridized carbons (Fsp3) is 0.412. The monoisotopic (exact) mass is 618 g/mol. The zero-order chi connectivity index (χ0) is 33.0. The van der Waals surface area contributed by atoms with Crippen molar-refractivity contribution < 1.29 is 44.3 Å². The van der Waals surface area contributed by atoms with E-state index >= 15 is 0 Å². The molecule has 45 heavy (non-hydrogen) atoms. The number of aliphatic hydroxyl groups excluding tert-OH is 2. The van der Waals surface area contributed by atoms with Crippen molar-refractivity contribution in [2.24, 2.45) is 23.5 Å². The van der Waals surface area contributed by atoms with Crippen molar-refractivity contribution in [3.05, 3.63) is 70.0 Å². The van der Waals surface area contributed by atoms with Crippen LogP contribution in [0, 0.1) is 17.8 Å². The minimum Gasteiger partial charge on any atom is -0.508 e. The highest BCUT2D eigenvalue weighted by atomic mass is 16.5. The Morgan fingerprint density at radius 1 is 1.07 bits per heavy atom. The quantitative estimate of drug-likeness (QED) is 0.217. The molecular formula is C34H38N2O9. The van der Waals surface area contributed by atoms with E-state index in [0.717, 1.165) is 11.1 Å². The van der Waals surface area contributed by atoms with Crippen molar-refractivity contribution in [3.8, 4) is 16.9 Å². The van der Waals surface area contributed by atoms with E-state index in [1.54, 1.807) is 20.2 Å². The Hall–Kier alpha value is -4.48. The van der Waals surface area contributed by atoms with E-state index in [1.165, 1.54) is 11.0 Å². The second kappa shape index (κ2) is 11.8. The van der Waals surface area contributed by atoms with E-state index < -0.39 is 58.0 Å². The number of phenolic OH excluding ortho intramolecular Hbond substituents is 1. The van der Waals surface area contributed by atoms with Gasteiger partial charge in [-0.25, -0.2) is 0 Å². The third-order valence-corrected chi connectivity index (χ3v) is 9.06. The van der Waals surface area contributed by atoms with Gasteiger partial charge in [0.25, 0.3) is 5.91 Å². The molecule has 0 radical (unpaired) electrons. The fourth-order valence-corrected chi connectivity index (χ4v) is 6.94. The van der Waals surface area contributed by atoms with Crippen molar-refractivity contribution in [1.29, 1.82) is 0 Å². The zero-order valence-corrected chi connectivity index (χ0v) is 25.7. The molecule has 238 valence electrons. The van der Waals surface area contributed by atoms with Crippen LogP contribution in [0.3, 0.4) is 0 Å². The summed E-state index contributed by atoms with van der Waals surface area (Å²) in [5.41, 5.74) is 4.65. The maximum Gasteiger partial charge on any atom is 0.306 e. The van der Waals surface area contributed by atoms with E-state index in [0.29, 0.717) is 24.2 Å². The minimum absolute atomic E-state index is 0.00665. The highest BCUT2D eigenvalue weighted by Gasteiger charge is 2.64. The predicted molar refractivity (Wildman–Crippen MR) is 164 cm³/mol. The summed E-state index contributed by atoms with van der Waals surface area (Å²) in [6, 6.07) is 9.49. The van der Waals surface area contributed by atoms with Crippen LogP contribution in [-0.4, -0.2) is 81.1 Å². The molecule has 2 aromatic rings. The first kappa shape index (κ1) is 31.9. The minimum atomic E-state index is -2.69. The largest absolute Gasteiger partial charge is 0.508 e. The first-order valence-corrected chi connectivity index (χ1v) is 14.9. The number of Topliss-reactive ketones (excluding diaryl/α,β-unsaturated/α-hetero) is 2. The van der Waals surface area contributed by atoms with Gasteiger partial charge < -0.3 is 30.9 Å². The number of carbonyl (C=O) groups excluding carboxylic acids is 4. The molecule has 11 nitrogen and oxygen atoms in total. The predicted octanol–water partition coefficient (Wildman–Crippen LogP) is 2.76. The van der Waals surface area contributed by atoms with E-state index in [9.17, 15) is 39.6 Å². The first-order chi connectivity index (χ1) is 21.2. The van der Waals surface area contributed by atoms with Crippen LogP contribution in [0.2, 0.25) is 0 Å². The highest BCUT2D eigenvalue weighted by molar-refractivity contribution is 6.24. The number of nitrogens with zero attached hydrogens (tertiary/aromatic N) is 1. The summed E-state index contributed by atoms with van der Waals surface area (Å²) in [5.74, 6) is -6.91. The van der Waals surface area contributed by atoms with Crippen molar-refractivity contribution in [3.63, 3.8) is 0 Å². The lowest BCUT2D eigenvalue weighted by atomic mass is 9.57. The topological polar surface area (TPSA) is 188 Å². The van der Waals surface area contributed by atoms with Crippen LogP contribution < -0.4 is 5.73 Å². The van der Waals surface area contributed by atoms with Crippen molar-refractivity contribution in [1.82, 2.24) is 4.90 Å². The van der Waals surface area contributed by atoms with E-state index in [-0.39, 0.29) is 48.0 Å². The molecule has 1 amide bonds. The highest BCUT2D eigenvalue weighted by Crippen LogP contribution is 2.53. The number of hydrogen-bond donors (Lipinski definition) is 5. The van der Waals surface area contributed by atoms with Gasteiger partial charge >= 0.3 is 5.97 Å².